The Bertz CT molecular complexity index is 537. The highest BCUT2D eigenvalue weighted by Gasteiger charge is 2.34. The third-order valence-electron chi connectivity index (χ3n) is 4.85. The summed E-state index contributed by atoms with van der Waals surface area (Å²) in [5.74, 6) is 0. The number of carbonyl (C=O) groups is 1. The number of nitrogens with one attached hydrogen (secondary N) is 1. The van der Waals surface area contributed by atoms with E-state index in [0.29, 0.717) is 30.4 Å². The molecule has 1 saturated heterocycles. The quantitative estimate of drug-likeness (QED) is 0.862. The molecule has 6 heteroatoms. The molecular weight excluding hydrogens is 316 g/mol. The van der Waals surface area contributed by atoms with Gasteiger partial charge in [0.2, 0.25) is 0 Å². The second kappa shape index (κ2) is 7.99. The summed E-state index contributed by atoms with van der Waals surface area (Å²) in [4.78, 5) is 14.3. The fourth-order valence-corrected chi connectivity index (χ4v) is 3.20. The second-order valence-corrected chi connectivity index (χ2v) is 6.54. The number of carbonyl (C=O) groups excluding carboxylic acids is 1. The van der Waals surface area contributed by atoms with Crippen molar-refractivity contribution >= 4 is 23.3 Å². The Hall–Kier alpha value is -1.30. The lowest BCUT2D eigenvalue weighted by atomic mass is 9.77. The van der Waals surface area contributed by atoms with Crippen LogP contribution in [0.2, 0.25) is 5.02 Å². The molecule has 0 radical (unpaired) electrons. The van der Waals surface area contributed by atoms with Gasteiger partial charge in [0.1, 0.15) is 0 Å². The Balaban J connectivity index is 2.02. The minimum absolute atomic E-state index is 0.0337. The van der Waals surface area contributed by atoms with Crippen molar-refractivity contribution in [3.8, 4) is 0 Å². The summed E-state index contributed by atoms with van der Waals surface area (Å²) in [6.07, 6.45) is 2.59. The van der Waals surface area contributed by atoms with Crippen LogP contribution in [-0.2, 0) is 11.3 Å². The first-order valence-electron chi connectivity index (χ1n) is 7.98. The zero-order valence-corrected chi connectivity index (χ0v) is 14.5. The molecule has 0 bridgehead atoms. The highest BCUT2D eigenvalue weighted by molar-refractivity contribution is 6.31. The largest absolute Gasteiger partial charge is 0.396 e. The van der Waals surface area contributed by atoms with Crippen molar-refractivity contribution in [2.24, 2.45) is 5.41 Å². The van der Waals surface area contributed by atoms with Crippen LogP contribution in [0.1, 0.15) is 31.7 Å². The van der Waals surface area contributed by atoms with Crippen molar-refractivity contribution in [1.29, 1.82) is 0 Å². The predicted octanol–water partition coefficient (Wildman–Crippen LogP) is 3.50. The number of hydrogen-bond donors (Lipinski definition) is 2. The van der Waals surface area contributed by atoms with Crippen molar-refractivity contribution in [1.82, 2.24) is 4.90 Å². The van der Waals surface area contributed by atoms with Crippen LogP contribution in [0.3, 0.4) is 0 Å². The minimum atomic E-state index is -0.132. The molecule has 1 aromatic carbocycles. The summed E-state index contributed by atoms with van der Waals surface area (Å²) in [6, 6.07) is 5.28. The lowest BCUT2D eigenvalue weighted by Crippen LogP contribution is -2.46. The predicted molar refractivity (Wildman–Crippen MR) is 91.8 cm³/mol. The molecule has 2 N–H and O–H groups in total. The number of aliphatic hydroxyl groups excluding tert-OH is 1. The zero-order chi connectivity index (χ0) is 16.9. The number of aliphatic hydroxyl groups is 1. The molecule has 0 unspecified atom stereocenters. The smallest absolute Gasteiger partial charge is 0.321 e. The van der Waals surface area contributed by atoms with E-state index in [1.165, 1.54) is 0 Å². The first-order chi connectivity index (χ1) is 11.0. The van der Waals surface area contributed by atoms with Crippen LogP contribution >= 0.6 is 11.6 Å². The molecule has 1 fully saturated rings. The topological polar surface area (TPSA) is 61.8 Å². The van der Waals surface area contributed by atoms with E-state index in [1.54, 1.807) is 24.1 Å². The average molecular weight is 341 g/mol. The minimum Gasteiger partial charge on any atom is -0.396 e. The van der Waals surface area contributed by atoms with E-state index in [2.05, 4.69) is 12.2 Å². The fourth-order valence-electron chi connectivity index (χ4n) is 2.97. The van der Waals surface area contributed by atoms with Gasteiger partial charge in [-0.05, 0) is 36.8 Å². The maximum absolute atomic E-state index is 12.5. The number of rotatable bonds is 5. The van der Waals surface area contributed by atoms with Crippen LogP contribution < -0.4 is 5.32 Å². The first kappa shape index (κ1) is 18.0. The molecule has 1 aliphatic heterocycles. The fraction of sp³-hybridized carbons (Fsp3) is 0.588. The number of nitrogens with zero attached hydrogens (tertiary/aromatic N) is 1. The molecule has 0 atom stereocenters. The summed E-state index contributed by atoms with van der Waals surface area (Å²) in [5, 5.41) is 13.1. The summed E-state index contributed by atoms with van der Waals surface area (Å²) >= 11 is 6.18. The summed E-state index contributed by atoms with van der Waals surface area (Å²) < 4.78 is 5.16. The van der Waals surface area contributed by atoms with Gasteiger partial charge in [-0.1, -0.05) is 24.6 Å². The van der Waals surface area contributed by atoms with E-state index in [9.17, 15) is 9.90 Å². The highest BCUT2D eigenvalue weighted by Crippen LogP contribution is 2.34. The van der Waals surface area contributed by atoms with E-state index in [4.69, 9.17) is 16.3 Å². The molecule has 5 nitrogen and oxygen atoms in total. The summed E-state index contributed by atoms with van der Waals surface area (Å²) in [6.45, 7) is 3.93. The summed E-state index contributed by atoms with van der Waals surface area (Å²) in [5.41, 5.74) is 1.42. The Morgan fingerprint density at radius 1 is 1.43 bits per heavy atom. The van der Waals surface area contributed by atoms with Crippen LogP contribution in [-0.4, -0.2) is 42.8 Å². The van der Waals surface area contributed by atoms with Crippen molar-refractivity contribution in [3.05, 3.63) is 28.8 Å². The highest BCUT2D eigenvalue weighted by atomic mass is 35.5. The molecule has 0 aromatic heterocycles. The number of likely N-dealkylation sites (tertiary alicyclic amines) is 1. The van der Waals surface area contributed by atoms with Crippen LogP contribution in [0, 0.1) is 5.41 Å². The Morgan fingerprint density at radius 3 is 2.70 bits per heavy atom. The molecule has 1 aliphatic rings. The number of halogens is 1. The third-order valence-corrected chi connectivity index (χ3v) is 5.20. The zero-order valence-electron chi connectivity index (χ0n) is 13.8. The van der Waals surface area contributed by atoms with Crippen LogP contribution in [0.4, 0.5) is 10.5 Å². The van der Waals surface area contributed by atoms with Gasteiger partial charge in [0.05, 0.1) is 6.61 Å². The van der Waals surface area contributed by atoms with Gasteiger partial charge in [0.25, 0.3) is 0 Å². The molecule has 0 aliphatic carbocycles. The van der Waals surface area contributed by atoms with Gasteiger partial charge in [0, 0.05) is 43.1 Å². The van der Waals surface area contributed by atoms with Gasteiger partial charge in [-0.2, -0.15) is 0 Å². The first-order valence-corrected chi connectivity index (χ1v) is 8.36. The Morgan fingerprint density at radius 2 is 2.13 bits per heavy atom. The molecule has 0 saturated carbocycles. The molecular formula is C17H25ClN2O3. The van der Waals surface area contributed by atoms with Gasteiger partial charge in [-0.3, -0.25) is 0 Å². The van der Waals surface area contributed by atoms with E-state index >= 15 is 0 Å². The maximum atomic E-state index is 12.5. The number of benzene rings is 1. The van der Waals surface area contributed by atoms with Gasteiger partial charge >= 0.3 is 6.03 Å². The molecule has 1 heterocycles. The molecule has 128 valence electrons. The van der Waals surface area contributed by atoms with Crippen LogP contribution in [0.25, 0.3) is 0 Å². The number of urea groups is 1. The number of methoxy groups -OCH3 is 1. The van der Waals surface area contributed by atoms with E-state index in [-0.39, 0.29) is 18.1 Å². The number of ether oxygens (including phenoxy) is 1. The Kier molecular flexibility index (Phi) is 6.27. The molecule has 2 rings (SSSR count). The van der Waals surface area contributed by atoms with Gasteiger partial charge < -0.3 is 20.1 Å². The van der Waals surface area contributed by atoms with Crippen molar-refractivity contribution in [2.75, 3.05) is 32.1 Å². The van der Waals surface area contributed by atoms with Gasteiger partial charge in [-0.25, -0.2) is 4.79 Å². The number of piperidine rings is 1. The molecule has 1 aromatic rings. The van der Waals surface area contributed by atoms with Crippen molar-refractivity contribution < 1.29 is 14.6 Å². The van der Waals surface area contributed by atoms with Gasteiger partial charge in [0.15, 0.2) is 0 Å². The van der Waals surface area contributed by atoms with Gasteiger partial charge in [-0.15, -0.1) is 0 Å². The monoisotopic (exact) mass is 340 g/mol. The average Bonchev–Trinajstić information content (AvgIpc) is 2.58. The maximum Gasteiger partial charge on any atom is 0.321 e. The standard InChI is InChI=1S/C17H25ClN2O3/c1-3-17(12-21)7-9-20(10-8-17)16(22)19-15-6-4-5-14(18)13(15)11-23-2/h4-6,21H,3,7-12H2,1-2H3,(H,19,22). The lowest BCUT2D eigenvalue weighted by Gasteiger charge is -2.40. The third kappa shape index (κ3) is 4.16. The number of amides is 2. The number of anilines is 1. The van der Waals surface area contributed by atoms with E-state index in [1.807, 2.05) is 6.07 Å². The molecule has 2 amide bonds. The van der Waals surface area contributed by atoms with E-state index in [0.717, 1.165) is 24.8 Å². The summed E-state index contributed by atoms with van der Waals surface area (Å²) in [7, 11) is 1.60. The van der Waals surface area contributed by atoms with Crippen LogP contribution in [0.15, 0.2) is 18.2 Å². The van der Waals surface area contributed by atoms with Crippen molar-refractivity contribution in [3.63, 3.8) is 0 Å². The SMILES string of the molecule is CCC1(CO)CCN(C(=O)Nc2cccc(Cl)c2COC)CC1. The lowest BCUT2D eigenvalue weighted by molar-refractivity contribution is 0.0542. The Labute approximate surface area is 142 Å². The number of hydrogen-bond acceptors (Lipinski definition) is 3. The molecule has 23 heavy (non-hydrogen) atoms. The second-order valence-electron chi connectivity index (χ2n) is 6.13. The normalized spacial score (nSPS) is 17.1. The van der Waals surface area contributed by atoms with Crippen molar-refractivity contribution in [2.45, 2.75) is 32.8 Å². The van der Waals surface area contributed by atoms with Crippen LogP contribution in [0.5, 0.6) is 0 Å². The van der Waals surface area contributed by atoms with E-state index < -0.39 is 0 Å². The molecule has 0 spiro atoms.